The Labute approximate surface area is 89.7 Å². The highest BCUT2D eigenvalue weighted by atomic mass is 19.1. The monoisotopic (exact) mass is 211 g/mol. The third kappa shape index (κ3) is 2.37. The van der Waals surface area contributed by atoms with Crippen LogP contribution in [0.2, 0.25) is 0 Å². The predicted molar refractivity (Wildman–Crippen MR) is 57.0 cm³/mol. The van der Waals surface area contributed by atoms with Gasteiger partial charge in [-0.05, 0) is 39.2 Å². The van der Waals surface area contributed by atoms with Gasteiger partial charge in [0.25, 0.3) is 0 Å². The standard InChI is InChI=1S/C11H18FN3/c1-3-15-11(12)10(8(2)14-15)7-13-6-9-4-5-9/h9,13H,3-7H2,1-2H3. The predicted octanol–water partition coefficient (Wildman–Crippen LogP) is 1.85. The molecule has 1 aromatic heterocycles. The number of aromatic nitrogens is 2. The van der Waals surface area contributed by atoms with Crippen LogP contribution >= 0.6 is 0 Å². The zero-order valence-corrected chi connectivity index (χ0v) is 9.39. The first-order valence-electron chi connectivity index (χ1n) is 5.64. The van der Waals surface area contributed by atoms with E-state index >= 15 is 0 Å². The zero-order chi connectivity index (χ0) is 10.8. The van der Waals surface area contributed by atoms with E-state index in [1.54, 1.807) is 0 Å². The molecule has 1 aromatic rings. The molecule has 1 aliphatic rings. The van der Waals surface area contributed by atoms with E-state index in [0.717, 1.165) is 23.7 Å². The minimum absolute atomic E-state index is 0.182. The minimum Gasteiger partial charge on any atom is -0.312 e. The Kier molecular flexibility index (Phi) is 3.05. The summed E-state index contributed by atoms with van der Waals surface area (Å²) in [6, 6.07) is 0. The Balaban J connectivity index is 1.95. The SMILES string of the molecule is CCn1nc(C)c(CNCC2CC2)c1F. The van der Waals surface area contributed by atoms with Crippen LogP contribution in [-0.4, -0.2) is 16.3 Å². The van der Waals surface area contributed by atoms with E-state index in [-0.39, 0.29) is 5.95 Å². The molecule has 1 fully saturated rings. The molecule has 4 heteroatoms. The first kappa shape index (κ1) is 10.6. The maximum absolute atomic E-state index is 13.7. The van der Waals surface area contributed by atoms with Crippen molar-refractivity contribution in [1.29, 1.82) is 0 Å². The van der Waals surface area contributed by atoms with Crippen molar-refractivity contribution in [2.24, 2.45) is 5.92 Å². The highest BCUT2D eigenvalue weighted by Crippen LogP contribution is 2.27. The smallest absolute Gasteiger partial charge is 0.216 e. The van der Waals surface area contributed by atoms with Crippen molar-refractivity contribution in [2.45, 2.75) is 39.8 Å². The number of hydrogen-bond donors (Lipinski definition) is 1. The van der Waals surface area contributed by atoms with Gasteiger partial charge in [0, 0.05) is 18.7 Å². The fourth-order valence-electron chi connectivity index (χ4n) is 1.72. The average Bonchev–Trinajstić information content (AvgIpc) is 2.99. The van der Waals surface area contributed by atoms with Crippen LogP contribution in [0.5, 0.6) is 0 Å². The molecule has 0 aromatic carbocycles. The van der Waals surface area contributed by atoms with Crippen LogP contribution in [0, 0.1) is 18.8 Å². The third-order valence-corrected chi connectivity index (χ3v) is 2.91. The highest BCUT2D eigenvalue weighted by Gasteiger charge is 2.21. The summed E-state index contributed by atoms with van der Waals surface area (Å²) in [6.07, 6.45) is 2.64. The molecule has 3 nitrogen and oxygen atoms in total. The van der Waals surface area contributed by atoms with E-state index in [9.17, 15) is 4.39 Å². The Hall–Kier alpha value is -0.900. The van der Waals surface area contributed by atoms with Crippen molar-refractivity contribution in [2.75, 3.05) is 6.54 Å². The van der Waals surface area contributed by atoms with Crippen LogP contribution in [0.1, 0.15) is 31.0 Å². The number of nitrogens with zero attached hydrogens (tertiary/aromatic N) is 2. The van der Waals surface area contributed by atoms with Crippen molar-refractivity contribution < 1.29 is 4.39 Å². The van der Waals surface area contributed by atoms with Gasteiger partial charge in [-0.2, -0.15) is 9.49 Å². The molecule has 0 amide bonds. The summed E-state index contributed by atoms with van der Waals surface area (Å²) in [4.78, 5) is 0. The molecule has 1 heterocycles. The molecule has 0 unspecified atom stereocenters. The molecule has 2 rings (SSSR count). The Morgan fingerprint density at radius 3 is 2.80 bits per heavy atom. The Bertz CT molecular complexity index is 342. The number of nitrogens with one attached hydrogen (secondary N) is 1. The first-order chi connectivity index (χ1) is 7.22. The van der Waals surface area contributed by atoms with E-state index in [0.29, 0.717) is 13.1 Å². The van der Waals surface area contributed by atoms with Gasteiger partial charge in [-0.15, -0.1) is 0 Å². The van der Waals surface area contributed by atoms with Gasteiger partial charge >= 0.3 is 0 Å². The van der Waals surface area contributed by atoms with Gasteiger partial charge in [0.15, 0.2) is 0 Å². The second kappa shape index (κ2) is 4.31. The maximum Gasteiger partial charge on any atom is 0.216 e. The molecule has 1 saturated carbocycles. The van der Waals surface area contributed by atoms with Crippen LogP contribution in [0.25, 0.3) is 0 Å². The summed E-state index contributed by atoms with van der Waals surface area (Å²) in [6.45, 7) is 5.97. The summed E-state index contributed by atoms with van der Waals surface area (Å²) >= 11 is 0. The average molecular weight is 211 g/mol. The Morgan fingerprint density at radius 1 is 1.53 bits per heavy atom. The lowest BCUT2D eigenvalue weighted by Crippen LogP contribution is -2.17. The topological polar surface area (TPSA) is 29.9 Å². The van der Waals surface area contributed by atoms with Crippen molar-refractivity contribution in [1.82, 2.24) is 15.1 Å². The molecule has 0 bridgehead atoms. The molecule has 0 atom stereocenters. The van der Waals surface area contributed by atoms with Crippen LogP contribution < -0.4 is 5.32 Å². The summed E-state index contributed by atoms with van der Waals surface area (Å²) in [5.74, 6) is 0.646. The van der Waals surface area contributed by atoms with Crippen LogP contribution in [0.4, 0.5) is 4.39 Å². The van der Waals surface area contributed by atoms with Crippen molar-refractivity contribution in [3.8, 4) is 0 Å². The summed E-state index contributed by atoms with van der Waals surface area (Å²) in [7, 11) is 0. The van der Waals surface area contributed by atoms with Crippen LogP contribution in [-0.2, 0) is 13.1 Å². The Morgan fingerprint density at radius 2 is 2.27 bits per heavy atom. The summed E-state index contributed by atoms with van der Waals surface area (Å²) in [5, 5.41) is 7.43. The van der Waals surface area contributed by atoms with Crippen LogP contribution in [0.15, 0.2) is 0 Å². The highest BCUT2D eigenvalue weighted by molar-refractivity contribution is 5.17. The minimum atomic E-state index is -0.182. The van der Waals surface area contributed by atoms with E-state index in [4.69, 9.17) is 0 Å². The van der Waals surface area contributed by atoms with Crippen LogP contribution in [0.3, 0.4) is 0 Å². The lowest BCUT2D eigenvalue weighted by Gasteiger charge is -2.02. The van der Waals surface area contributed by atoms with Crippen molar-refractivity contribution >= 4 is 0 Å². The van der Waals surface area contributed by atoms with Gasteiger partial charge < -0.3 is 5.32 Å². The number of aryl methyl sites for hydroxylation is 2. The molecule has 15 heavy (non-hydrogen) atoms. The zero-order valence-electron chi connectivity index (χ0n) is 9.39. The molecule has 0 spiro atoms. The number of rotatable bonds is 5. The van der Waals surface area contributed by atoms with Gasteiger partial charge in [-0.3, -0.25) is 0 Å². The fourth-order valence-corrected chi connectivity index (χ4v) is 1.72. The van der Waals surface area contributed by atoms with Gasteiger partial charge in [-0.25, -0.2) is 4.68 Å². The fraction of sp³-hybridized carbons (Fsp3) is 0.727. The summed E-state index contributed by atoms with van der Waals surface area (Å²) < 4.78 is 15.1. The van der Waals surface area contributed by atoms with Gasteiger partial charge in [0.1, 0.15) is 0 Å². The molecule has 1 aliphatic carbocycles. The van der Waals surface area contributed by atoms with Gasteiger partial charge in [0.05, 0.1) is 5.69 Å². The lowest BCUT2D eigenvalue weighted by molar-refractivity contribution is 0.459. The molecule has 0 aliphatic heterocycles. The molecular formula is C11H18FN3. The number of halogens is 1. The van der Waals surface area contributed by atoms with E-state index in [2.05, 4.69) is 10.4 Å². The first-order valence-corrected chi connectivity index (χ1v) is 5.64. The maximum atomic E-state index is 13.7. The third-order valence-electron chi connectivity index (χ3n) is 2.91. The van der Waals surface area contributed by atoms with Gasteiger partial charge in [0.2, 0.25) is 5.95 Å². The molecule has 1 N–H and O–H groups in total. The summed E-state index contributed by atoms with van der Waals surface area (Å²) in [5.41, 5.74) is 1.52. The lowest BCUT2D eigenvalue weighted by atomic mass is 10.2. The van der Waals surface area contributed by atoms with Crippen molar-refractivity contribution in [3.05, 3.63) is 17.2 Å². The van der Waals surface area contributed by atoms with E-state index in [1.807, 2.05) is 13.8 Å². The largest absolute Gasteiger partial charge is 0.312 e. The number of hydrogen-bond acceptors (Lipinski definition) is 2. The normalized spacial score (nSPS) is 15.9. The van der Waals surface area contributed by atoms with Gasteiger partial charge in [-0.1, -0.05) is 0 Å². The molecule has 0 saturated heterocycles. The quantitative estimate of drug-likeness (QED) is 0.805. The molecular weight excluding hydrogens is 193 g/mol. The molecule has 0 radical (unpaired) electrons. The van der Waals surface area contributed by atoms with E-state index in [1.165, 1.54) is 17.5 Å². The van der Waals surface area contributed by atoms with E-state index < -0.39 is 0 Å². The van der Waals surface area contributed by atoms with Crippen molar-refractivity contribution in [3.63, 3.8) is 0 Å². The second-order valence-electron chi connectivity index (χ2n) is 4.24. The second-order valence-corrected chi connectivity index (χ2v) is 4.24. The molecule has 84 valence electrons.